The maximum Gasteiger partial charge on any atom is 0.407 e. The van der Waals surface area contributed by atoms with Crippen LogP contribution in [0.4, 0.5) is 4.79 Å². The van der Waals surface area contributed by atoms with Gasteiger partial charge in [-0.2, -0.15) is 0 Å². The zero-order chi connectivity index (χ0) is 15.0. The predicted octanol–water partition coefficient (Wildman–Crippen LogP) is 2.14. The van der Waals surface area contributed by atoms with Crippen molar-refractivity contribution in [2.24, 2.45) is 0 Å². The molecule has 0 aliphatic heterocycles. The van der Waals surface area contributed by atoms with E-state index in [1.165, 1.54) is 32.1 Å². The second-order valence-electron chi connectivity index (χ2n) is 6.48. The van der Waals surface area contributed by atoms with E-state index in [-0.39, 0.29) is 12.7 Å². The van der Waals surface area contributed by atoms with Crippen LogP contribution in [0.15, 0.2) is 0 Å². The topological polar surface area (TPSA) is 61.8 Å². The smallest absolute Gasteiger partial charge is 0.407 e. The minimum atomic E-state index is -0.460. The summed E-state index contributed by atoms with van der Waals surface area (Å²) in [5.41, 5.74) is -0.460. The number of aliphatic hydroxyl groups excluding tert-OH is 1. The Balaban J connectivity index is 2.29. The molecule has 1 amide bonds. The number of hydrogen-bond donors (Lipinski definition) is 2. The van der Waals surface area contributed by atoms with Crippen molar-refractivity contribution in [3.63, 3.8) is 0 Å². The monoisotopic (exact) mass is 286 g/mol. The molecule has 1 fully saturated rings. The van der Waals surface area contributed by atoms with E-state index in [9.17, 15) is 9.90 Å². The first-order valence-corrected chi connectivity index (χ1v) is 7.74. The lowest BCUT2D eigenvalue weighted by Crippen LogP contribution is -2.44. The fourth-order valence-electron chi connectivity index (χ4n) is 2.67. The number of ether oxygens (including phenoxy) is 1. The van der Waals surface area contributed by atoms with Gasteiger partial charge in [0, 0.05) is 25.7 Å². The van der Waals surface area contributed by atoms with Crippen molar-refractivity contribution in [2.45, 2.75) is 64.5 Å². The molecule has 1 saturated carbocycles. The Hall–Kier alpha value is -0.810. The molecule has 1 aliphatic carbocycles. The maximum atomic E-state index is 11.6. The summed E-state index contributed by atoms with van der Waals surface area (Å²) in [5, 5.41) is 12.0. The van der Waals surface area contributed by atoms with Gasteiger partial charge in [0.25, 0.3) is 0 Å². The van der Waals surface area contributed by atoms with Gasteiger partial charge in [0.1, 0.15) is 5.60 Å². The molecule has 0 heterocycles. The average Bonchev–Trinajstić information content (AvgIpc) is 2.36. The van der Waals surface area contributed by atoms with Gasteiger partial charge >= 0.3 is 6.09 Å². The van der Waals surface area contributed by atoms with Gasteiger partial charge in [-0.1, -0.05) is 19.3 Å². The van der Waals surface area contributed by atoms with Gasteiger partial charge in [-0.15, -0.1) is 0 Å². The van der Waals surface area contributed by atoms with Gasteiger partial charge in [0.15, 0.2) is 0 Å². The number of nitrogens with zero attached hydrogens (tertiary/aromatic N) is 1. The lowest BCUT2D eigenvalue weighted by Gasteiger charge is -2.34. The van der Waals surface area contributed by atoms with Crippen LogP contribution in [0.1, 0.15) is 52.9 Å². The van der Waals surface area contributed by atoms with E-state index in [2.05, 4.69) is 10.2 Å². The second kappa shape index (κ2) is 8.47. The van der Waals surface area contributed by atoms with Crippen LogP contribution in [0.25, 0.3) is 0 Å². The molecule has 2 N–H and O–H groups in total. The SMILES string of the molecule is CC(C)(C)OC(=O)NCCN(CCO)C1CCCCC1. The molecule has 0 atom stereocenters. The van der Waals surface area contributed by atoms with Gasteiger partial charge < -0.3 is 15.2 Å². The number of alkyl carbamates (subject to hydrolysis) is 1. The van der Waals surface area contributed by atoms with E-state index < -0.39 is 5.60 Å². The molecule has 0 aromatic heterocycles. The third kappa shape index (κ3) is 7.10. The maximum absolute atomic E-state index is 11.6. The van der Waals surface area contributed by atoms with E-state index in [1.807, 2.05) is 20.8 Å². The number of aliphatic hydroxyl groups is 1. The van der Waals surface area contributed by atoms with Crippen LogP contribution in [0.5, 0.6) is 0 Å². The molecule has 1 rings (SSSR count). The summed E-state index contributed by atoms with van der Waals surface area (Å²) in [4.78, 5) is 13.9. The van der Waals surface area contributed by atoms with Crippen molar-refractivity contribution in [3.8, 4) is 0 Å². The molecule has 1 aliphatic rings. The number of amides is 1. The fourth-order valence-corrected chi connectivity index (χ4v) is 2.67. The zero-order valence-electron chi connectivity index (χ0n) is 13.2. The van der Waals surface area contributed by atoms with Crippen LogP contribution in [-0.2, 0) is 4.74 Å². The zero-order valence-corrected chi connectivity index (χ0v) is 13.2. The lowest BCUT2D eigenvalue weighted by molar-refractivity contribution is 0.0512. The highest BCUT2D eigenvalue weighted by molar-refractivity contribution is 5.67. The molecule has 0 radical (unpaired) electrons. The second-order valence-corrected chi connectivity index (χ2v) is 6.48. The van der Waals surface area contributed by atoms with Crippen LogP contribution in [0.2, 0.25) is 0 Å². The largest absolute Gasteiger partial charge is 0.444 e. The van der Waals surface area contributed by atoms with Crippen LogP contribution in [0, 0.1) is 0 Å². The average molecular weight is 286 g/mol. The van der Waals surface area contributed by atoms with E-state index in [1.54, 1.807) is 0 Å². The summed E-state index contributed by atoms with van der Waals surface area (Å²) < 4.78 is 5.21. The van der Waals surface area contributed by atoms with Gasteiger partial charge in [0.2, 0.25) is 0 Å². The number of rotatable bonds is 6. The van der Waals surface area contributed by atoms with Crippen molar-refractivity contribution in [1.82, 2.24) is 10.2 Å². The molecule has 0 aromatic rings. The van der Waals surface area contributed by atoms with Crippen molar-refractivity contribution in [2.75, 3.05) is 26.2 Å². The predicted molar refractivity (Wildman–Crippen MR) is 79.8 cm³/mol. The molecule has 0 bridgehead atoms. The fraction of sp³-hybridized carbons (Fsp3) is 0.933. The number of nitrogens with one attached hydrogen (secondary N) is 1. The molecule has 0 unspecified atom stereocenters. The third-order valence-electron chi connectivity index (χ3n) is 3.55. The van der Waals surface area contributed by atoms with Crippen molar-refractivity contribution in [3.05, 3.63) is 0 Å². The minimum Gasteiger partial charge on any atom is -0.444 e. The van der Waals surface area contributed by atoms with E-state index in [0.717, 1.165) is 6.54 Å². The quantitative estimate of drug-likeness (QED) is 0.785. The highest BCUT2D eigenvalue weighted by atomic mass is 16.6. The first-order valence-electron chi connectivity index (χ1n) is 7.74. The van der Waals surface area contributed by atoms with E-state index >= 15 is 0 Å². The number of carbonyl (C=O) groups is 1. The van der Waals surface area contributed by atoms with E-state index in [0.29, 0.717) is 19.1 Å². The molecule has 5 nitrogen and oxygen atoms in total. The number of hydrogen-bond acceptors (Lipinski definition) is 4. The van der Waals surface area contributed by atoms with Crippen LogP contribution < -0.4 is 5.32 Å². The van der Waals surface area contributed by atoms with Crippen molar-refractivity contribution in [1.29, 1.82) is 0 Å². The van der Waals surface area contributed by atoms with Crippen LogP contribution in [-0.4, -0.2) is 54.0 Å². The molecule has 5 heteroatoms. The van der Waals surface area contributed by atoms with Crippen molar-refractivity contribution >= 4 is 6.09 Å². The minimum absolute atomic E-state index is 0.170. The standard InChI is InChI=1S/C15H30N2O3/c1-15(2,3)20-14(19)16-9-10-17(11-12-18)13-7-5-4-6-8-13/h13,18H,4-12H2,1-3H3,(H,16,19). The Morgan fingerprint density at radius 3 is 2.45 bits per heavy atom. The molecule has 0 spiro atoms. The van der Waals surface area contributed by atoms with Crippen LogP contribution >= 0.6 is 0 Å². The summed E-state index contributed by atoms with van der Waals surface area (Å²) in [6, 6.07) is 0.552. The summed E-state index contributed by atoms with van der Waals surface area (Å²) >= 11 is 0. The van der Waals surface area contributed by atoms with Gasteiger partial charge in [-0.05, 0) is 33.6 Å². The molecular weight excluding hydrogens is 256 g/mol. The Morgan fingerprint density at radius 1 is 1.25 bits per heavy atom. The summed E-state index contributed by atoms with van der Waals surface area (Å²) in [7, 11) is 0. The molecule has 118 valence electrons. The Bertz CT molecular complexity index is 283. The molecular formula is C15H30N2O3. The normalized spacial score (nSPS) is 17.2. The third-order valence-corrected chi connectivity index (χ3v) is 3.55. The van der Waals surface area contributed by atoms with Crippen LogP contribution in [0.3, 0.4) is 0 Å². The summed E-state index contributed by atoms with van der Waals surface area (Å²) in [6.45, 7) is 7.74. The van der Waals surface area contributed by atoms with E-state index in [4.69, 9.17) is 4.74 Å². The molecule has 0 saturated heterocycles. The first-order chi connectivity index (χ1) is 9.42. The molecule has 20 heavy (non-hydrogen) atoms. The summed E-state index contributed by atoms with van der Waals surface area (Å²) in [5.74, 6) is 0. The van der Waals surface area contributed by atoms with Gasteiger partial charge in [-0.25, -0.2) is 4.79 Å². The van der Waals surface area contributed by atoms with Crippen molar-refractivity contribution < 1.29 is 14.6 Å². The first kappa shape index (κ1) is 17.2. The van der Waals surface area contributed by atoms with Gasteiger partial charge in [0.05, 0.1) is 6.61 Å². The molecule has 0 aromatic carbocycles. The lowest BCUT2D eigenvalue weighted by atomic mass is 9.94. The number of carbonyl (C=O) groups excluding carboxylic acids is 1. The highest BCUT2D eigenvalue weighted by Crippen LogP contribution is 2.22. The Labute approximate surface area is 122 Å². The Kier molecular flexibility index (Phi) is 7.30. The van der Waals surface area contributed by atoms with Gasteiger partial charge in [-0.3, -0.25) is 4.90 Å². The highest BCUT2D eigenvalue weighted by Gasteiger charge is 2.21. The Morgan fingerprint density at radius 2 is 1.90 bits per heavy atom. The summed E-state index contributed by atoms with van der Waals surface area (Å²) in [6.07, 6.45) is 5.89.